The number of nitrogens with one attached hydrogen (secondary N) is 3. The van der Waals surface area contributed by atoms with Crippen LogP contribution in [-0.2, 0) is 30.3 Å². The molecule has 0 saturated heterocycles. The third kappa shape index (κ3) is 9.48. The molecule has 2 aromatic heterocycles. The van der Waals surface area contributed by atoms with Gasteiger partial charge in [0.25, 0.3) is 0 Å². The number of aromatic amines is 2. The van der Waals surface area contributed by atoms with Crippen LogP contribution in [0.5, 0.6) is 0 Å². The number of ether oxygens (including phenoxy) is 2. The van der Waals surface area contributed by atoms with Gasteiger partial charge in [0, 0.05) is 46.7 Å². The number of esters is 2. The lowest BCUT2D eigenvalue weighted by Crippen LogP contribution is -2.25. The number of rotatable bonds is 6. The first-order valence-corrected chi connectivity index (χ1v) is 13.1. The standard InChI is InChI=1S/C14H14N2O3.C13H15NO2.2C2H6/c1-9(17)16-13(14(18)19-2)7-10-8-15-12-6-4-3-5-11(10)12;1-9(13(15)16-2)7-10-8-14-12-6-4-3-5-11(10)12;2*1-2/h3-8,15H,1-2H3,(H,16,17);3-6,8-9,14H,7H2,1-2H3;2*1-2H3/b13-7-;;;/t;9-;;/m.0../s1. The van der Waals surface area contributed by atoms with Crippen LogP contribution in [0.3, 0.4) is 0 Å². The van der Waals surface area contributed by atoms with E-state index in [2.05, 4.69) is 26.1 Å². The van der Waals surface area contributed by atoms with Crippen molar-refractivity contribution < 1.29 is 23.9 Å². The van der Waals surface area contributed by atoms with Crippen molar-refractivity contribution in [2.45, 2.75) is 48.0 Å². The third-order valence-corrected chi connectivity index (χ3v) is 5.44. The number of benzene rings is 2. The Labute approximate surface area is 230 Å². The summed E-state index contributed by atoms with van der Waals surface area (Å²) in [5, 5.41) is 4.61. The molecule has 3 N–H and O–H groups in total. The largest absolute Gasteiger partial charge is 0.469 e. The van der Waals surface area contributed by atoms with Crippen LogP contribution in [0.1, 0.15) is 52.7 Å². The molecule has 210 valence electrons. The predicted molar refractivity (Wildman–Crippen MR) is 158 cm³/mol. The van der Waals surface area contributed by atoms with E-state index in [1.54, 1.807) is 12.3 Å². The Bertz CT molecular complexity index is 1370. The van der Waals surface area contributed by atoms with Crippen molar-refractivity contribution in [3.63, 3.8) is 0 Å². The molecule has 1 atom stereocenters. The highest BCUT2D eigenvalue weighted by atomic mass is 16.5. The molecule has 8 nitrogen and oxygen atoms in total. The molecule has 1 amide bonds. The van der Waals surface area contributed by atoms with Gasteiger partial charge in [0.15, 0.2) is 0 Å². The fourth-order valence-electron chi connectivity index (χ4n) is 3.73. The van der Waals surface area contributed by atoms with Crippen LogP contribution in [0, 0.1) is 5.92 Å². The normalized spacial score (nSPS) is 11.0. The lowest BCUT2D eigenvalue weighted by Gasteiger charge is -2.07. The second-order valence-corrected chi connectivity index (χ2v) is 8.01. The highest BCUT2D eigenvalue weighted by molar-refractivity contribution is 6.00. The molecule has 0 radical (unpaired) electrons. The van der Waals surface area contributed by atoms with Crippen LogP contribution in [0.4, 0.5) is 0 Å². The van der Waals surface area contributed by atoms with Gasteiger partial charge in [0.05, 0.1) is 20.1 Å². The van der Waals surface area contributed by atoms with Crippen molar-refractivity contribution in [3.8, 4) is 0 Å². The fourth-order valence-corrected chi connectivity index (χ4v) is 3.73. The number of carbonyl (C=O) groups is 3. The molecular formula is C31H41N3O5. The topological polar surface area (TPSA) is 113 Å². The summed E-state index contributed by atoms with van der Waals surface area (Å²) in [5.41, 5.74) is 4.15. The molecule has 0 fully saturated rings. The average molecular weight is 536 g/mol. The van der Waals surface area contributed by atoms with Crippen LogP contribution in [0.2, 0.25) is 0 Å². The number of para-hydroxylation sites is 2. The summed E-state index contributed by atoms with van der Waals surface area (Å²) < 4.78 is 9.37. The Hall–Kier alpha value is -4.33. The van der Waals surface area contributed by atoms with Gasteiger partial charge in [0.2, 0.25) is 5.91 Å². The first kappa shape index (κ1) is 32.7. The number of methoxy groups -OCH3 is 2. The Kier molecular flexibility index (Phi) is 14.4. The number of amides is 1. The summed E-state index contributed by atoms with van der Waals surface area (Å²) in [5.74, 6) is -1.17. The summed E-state index contributed by atoms with van der Waals surface area (Å²) in [7, 11) is 2.70. The quantitative estimate of drug-likeness (QED) is 0.196. The van der Waals surface area contributed by atoms with Gasteiger partial charge in [-0.25, -0.2) is 4.79 Å². The number of carbonyl (C=O) groups excluding carboxylic acids is 3. The minimum atomic E-state index is -0.583. The lowest BCUT2D eigenvalue weighted by atomic mass is 10.0. The summed E-state index contributed by atoms with van der Waals surface area (Å²) in [4.78, 5) is 40.3. The summed E-state index contributed by atoms with van der Waals surface area (Å²) in [6, 6.07) is 15.8. The Balaban J connectivity index is 0.000000350. The van der Waals surface area contributed by atoms with Gasteiger partial charge >= 0.3 is 11.9 Å². The molecular weight excluding hydrogens is 494 g/mol. The summed E-state index contributed by atoms with van der Waals surface area (Å²) >= 11 is 0. The minimum absolute atomic E-state index is 0.107. The summed E-state index contributed by atoms with van der Waals surface area (Å²) in [6.45, 7) is 11.2. The number of H-pyrrole nitrogens is 2. The Morgan fingerprint density at radius 3 is 1.95 bits per heavy atom. The fraction of sp³-hybridized carbons (Fsp3) is 0.323. The van der Waals surface area contributed by atoms with Crippen molar-refractivity contribution in [2.24, 2.45) is 5.92 Å². The van der Waals surface area contributed by atoms with Gasteiger partial charge in [-0.05, 0) is 30.2 Å². The van der Waals surface area contributed by atoms with Gasteiger partial charge in [-0.15, -0.1) is 0 Å². The molecule has 2 aromatic carbocycles. The van der Waals surface area contributed by atoms with E-state index >= 15 is 0 Å². The van der Waals surface area contributed by atoms with Crippen LogP contribution in [0.15, 0.2) is 66.6 Å². The molecule has 4 rings (SSSR count). The zero-order valence-corrected chi connectivity index (χ0v) is 24.2. The molecule has 0 aliphatic rings. The average Bonchev–Trinajstić information content (AvgIpc) is 3.58. The molecule has 0 spiro atoms. The predicted octanol–water partition coefficient (Wildman–Crippen LogP) is 6.39. The van der Waals surface area contributed by atoms with Gasteiger partial charge in [-0.1, -0.05) is 71.0 Å². The molecule has 8 heteroatoms. The van der Waals surface area contributed by atoms with Crippen LogP contribution in [-0.4, -0.2) is 42.0 Å². The maximum Gasteiger partial charge on any atom is 0.354 e. The molecule has 0 aliphatic carbocycles. The van der Waals surface area contributed by atoms with E-state index < -0.39 is 5.97 Å². The van der Waals surface area contributed by atoms with Gasteiger partial charge in [-0.3, -0.25) is 9.59 Å². The SMILES string of the molecule is CC.CC.COC(=O)/C(=C/c1c[nH]c2ccccc12)NC(C)=O.COC(=O)[C@@H](C)Cc1c[nH]c2ccccc12. The Morgan fingerprint density at radius 2 is 1.38 bits per heavy atom. The van der Waals surface area contributed by atoms with Crippen molar-refractivity contribution in [1.29, 1.82) is 0 Å². The molecule has 39 heavy (non-hydrogen) atoms. The van der Waals surface area contributed by atoms with E-state index in [1.807, 2.05) is 83.3 Å². The Morgan fingerprint density at radius 1 is 0.846 bits per heavy atom. The number of hydrogen-bond donors (Lipinski definition) is 3. The van der Waals surface area contributed by atoms with E-state index in [0.29, 0.717) is 6.42 Å². The summed E-state index contributed by atoms with van der Waals surface area (Å²) in [6.07, 6.45) is 6.03. The minimum Gasteiger partial charge on any atom is -0.469 e. The maximum atomic E-state index is 11.6. The van der Waals surface area contributed by atoms with Gasteiger partial charge in [0.1, 0.15) is 5.70 Å². The van der Waals surface area contributed by atoms with Crippen molar-refractivity contribution >= 4 is 45.7 Å². The second kappa shape index (κ2) is 17.2. The third-order valence-electron chi connectivity index (χ3n) is 5.44. The van der Waals surface area contributed by atoms with Gasteiger partial charge < -0.3 is 24.8 Å². The van der Waals surface area contributed by atoms with Crippen molar-refractivity contribution in [1.82, 2.24) is 15.3 Å². The highest BCUT2D eigenvalue weighted by Crippen LogP contribution is 2.21. The van der Waals surface area contributed by atoms with E-state index in [-0.39, 0.29) is 23.5 Å². The van der Waals surface area contributed by atoms with Gasteiger partial charge in [-0.2, -0.15) is 0 Å². The number of hydrogen-bond acceptors (Lipinski definition) is 5. The molecule has 4 aromatic rings. The zero-order chi connectivity index (χ0) is 29.4. The van der Waals surface area contributed by atoms with E-state index in [4.69, 9.17) is 4.74 Å². The highest BCUT2D eigenvalue weighted by Gasteiger charge is 2.15. The van der Waals surface area contributed by atoms with E-state index in [1.165, 1.54) is 26.5 Å². The number of fused-ring (bicyclic) bond motifs is 2. The van der Waals surface area contributed by atoms with Crippen LogP contribution in [0.25, 0.3) is 27.9 Å². The molecule has 0 saturated carbocycles. The molecule has 0 unspecified atom stereocenters. The zero-order valence-electron chi connectivity index (χ0n) is 24.2. The maximum absolute atomic E-state index is 11.6. The van der Waals surface area contributed by atoms with E-state index in [9.17, 15) is 14.4 Å². The number of aromatic nitrogens is 2. The van der Waals surface area contributed by atoms with Crippen molar-refractivity contribution in [3.05, 3.63) is 77.7 Å². The lowest BCUT2D eigenvalue weighted by molar-refractivity contribution is -0.144. The molecule has 2 heterocycles. The smallest absolute Gasteiger partial charge is 0.354 e. The van der Waals surface area contributed by atoms with Crippen LogP contribution >= 0.6 is 0 Å². The first-order valence-electron chi connectivity index (χ1n) is 13.1. The van der Waals surface area contributed by atoms with E-state index in [0.717, 1.165) is 27.5 Å². The monoisotopic (exact) mass is 535 g/mol. The second-order valence-electron chi connectivity index (χ2n) is 8.01. The molecule has 0 aliphatic heterocycles. The van der Waals surface area contributed by atoms with Crippen molar-refractivity contribution in [2.75, 3.05) is 14.2 Å². The first-order chi connectivity index (χ1) is 18.8. The molecule has 0 bridgehead atoms. The van der Waals surface area contributed by atoms with Crippen LogP contribution < -0.4 is 5.32 Å².